The molecule has 0 spiro atoms. The van der Waals surface area contributed by atoms with Gasteiger partial charge in [-0.15, -0.1) is 0 Å². The van der Waals surface area contributed by atoms with E-state index >= 15 is 0 Å². The Bertz CT molecular complexity index is 941. The average Bonchev–Trinajstić information content (AvgIpc) is 2.76. The van der Waals surface area contributed by atoms with Crippen molar-refractivity contribution in [1.29, 1.82) is 0 Å². The van der Waals surface area contributed by atoms with E-state index in [4.69, 9.17) is 11.6 Å². The Labute approximate surface area is 199 Å². The van der Waals surface area contributed by atoms with Gasteiger partial charge < -0.3 is 5.11 Å². The third-order valence-electron chi connectivity index (χ3n) is 5.41. The van der Waals surface area contributed by atoms with Crippen LogP contribution in [0.1, 0.15) is 58.4 Å². The predicted molar refractivity (Wildman–Crippen MR) is 134 cm³/mol. The van der Waals surface area contributed by atoms with Gasteiger partial charge in [0.15, 0.2) is 0 Å². The first-order valence-electron chi connectivity index (χ1n) is 11.4. The highest BCUT2D eigenvalue weighted by molar-refractivity contribution is 7.89. The summed E-state index contributed by atoms with van der Waals surface area (Å²) in [5.74, 6) is 0.247. The summed E-state index contributed by atoms with van der Waals surface area (Å²) in [6.07, 6.45) is 6.66. The van der Waals surface area contributed by atoms with Crippen LogP contribution in [0.3, 0.4) is 0 Å². The summed E-state index contributed by atoms with van der Waals surface area (Å²) in [4.78, 5) is 0.191. The fourth-order valence-electron chi connectivity index (χ4n) is 3.76. The fourth-order valence-corrected chi connectivity index (χ4v) is 5.52. The summed E-state index contributed by atoms with van der Waals surface area (Å²) in [7, 11) is -3.82. The molecule has 4 nitrogen and oxygen atoms in total. The van der Waals surface area contributed by atoms with Crippen molar-refractivity contribution >= 4 is 27.7 Å². The summed E-state index contributed by atoms with van der Waals surface area (Å²) in [5, 5.41) is 10.7. The van der Waals surface area contributed by atoms with Crippen molar-refractivity contribution in [2.24, 2.45) is 5.92 Å². The lowest BCUT2D eigenvalue weighted by molar-refractivity contribution is 0.173. The van der Waals surface area contributed by atoms with Gasteiger partial charge in [0, 0.05) is 17.6 Å². The van der Waals surface area contributed by atoms with Crippen LogP contribution in [0.15, 0.2) is 65.1 Å². The minimum absolute atomic E-state index is 0.191. The van der Waals surface area contributed by atoms with Crippen LogP contribution in [-0.4, -0.2) is 37.0 Å². The summed E-state index contributed by atoms with van der Waals surface area (Å²) >= 11 is 5.99. The maximum atomic E-state index is 13.7. The lowest BCUT2D eigenvalue weighted by atomic mass is 10.0. The molecule has 1 atom stereocenters. The largest absolute Gasteiger partial charge is 0.395 e. The topological polar surface area (TPSA) is 57.6 Å². The zero-order valence-corrected chi connectivity index (χ0v) is 20.9. The Morgan fingerprint density at radius 1 is 1.06 bits per heavy atom. The lowest BCUT2D eigenvalue weighted by Gasteiger charge is -2.32. The maximum Gasteiger partial charge on any atom is 0.243 e. The van der Waals surface area contributed by atoms with Gasteiger partial charge in [0.05, 0.1) is 11.5 Å². The van der Waals surface area contributed by atoms with E-state index < -0.39 is 16.1 Å². The first-order valence-corrected chi connectivity index (χ1v) is 13.2. The zero-order chi connectivity index (χ0) is 23.6. The number of hydrogen-bond acceptors (Lipinski definition) is 3. The Morgan fingerprint density at radius 2 is 1.72 bits per heavy atom. The van der Waals surface area contributed by atoms with Crippen LogP contribution in [0.2, 0.25) is 5.02 Å². The molecule has 0 aliphatic rings. The van der Waals surface area contributed by atoms with Crippen molar-refractivity contribution in [1.82, 2.24) is 4.31 Å². The van der Waals surface area contributed by atoms with Crippen LogP contribution in [0.4, 0.5) is 0 Å². The second-order valence-corrected chi connectivity index (χ2v) is 11.0. The van der Waals surface area contributed by atoms with Crippen LogP contribution in [0.5, 0.6) is 0 Å². The number of hydrogen-bond donors (Lipinski definition) is 1. The molecule has 0 saturated heterocycles. The van der Waals surface area contributed by atoms with Crippen LogP contribution in [-0.2, 0) is 10.0 Å². The number of rotatable bonds is 13. The van der Waals surface area contributed by atoms with Crippen LogP contribution < -0.4 is 0 Å². The minimum Gasteiger partial charge on any atom is -0.395 e. The van der Waals surface area contributed by atoms with Crippen LogP contribution >= 0.6 is 11.6 Å². The number of benzene rings is 2. The molecule has 2 rings (SSSR count). The highest BCUT2D eigenvalue weighted by Gasteiger charge is 2.32. The van der Waals surface area contributed by atoms with E-state index in [1.54, 1.807) is 12.1 Å². The van der Waals surface area contributed by atoms with Crippen LogP contribution in [0, 0.1) is 5.92 Å². The van der Waals surface area contributed by atoms with Gasteiger partial charge in [-0.25, -0.2) is 8.42 Å². The van der Waals surface area contributed by atoms with Crippen LogP contribution in [0.25, 0.3) is 6.08 Å². The van der Waals surface area contributed by atoms with Crippen molar-refractivity contribution < 1.29 is 13.5 Å². The molecule has 0 heterocycles. The minimum atomic E-state index is -3.82. The van der Waals surface area contributed by atoms with E-state index in [0.717, 1.165) is 36.8 Å². The molecule has 2 aromatic rings. The standard InChI is InChI=1S/C26H36ClNO3S/c1-4-5-7-12-23(18-22-10-8-6-9-11-22)19-28(25(20-29)17-21(2)3)32(30,31)26-15-13-24(27)14-16-26/h6,8-11,13-16,18,21,25,29H,4-5,7,12,17,19-20H2,1-3H3/b23-18-. The summed E-state index contributed by atoms with van der Waals surface area (Å²) in [5.41, 5.74) is 2.09. The van der Waals surface area contributed by atoms with E-state index in [-0.39, 0.29) is 24.0 Å². The van der Waals surface area contributed by atoms with Gasteiger partial charge >= 0.3 is 0 Å². The molecule has 0 aromatic heterocycles. The third kappa shape index (κ3) is 8.04. The Morgan fingerprint density at radius 3 is 2.28 bits per heavy atom. The summed E-state index contributed by atoms with van der Waals surface area (Å²) in [6.45, 7) is 6.26. The summed E-state index contributed by atoms with van der Waals surface area (Å²) < 4.78 is 28.9. The van der Waals surface area contributed by atoms with E-state index in [0.29, 0.717) is 11.4 Å². The van der Waals surface area contributed by atoms with Crippen molar-refractivity contribution in [3.05, 3.63) is 70.8 Å². The van der Waals surface area contributed by atoms with E-state index in [9.17, 15) is 13.5 Å². The Balaban J connectivity index is 2.47. The quantitative estimate of drug-likeness (QED) is 0.339. The molecular weight excluding hydrogens is 442 g/mol. The lowest BCUT2D eigenvalue weighted by Crippen LogP contribution is -2.44. The number of halogens is 1. The molecule has 2 aromatic carbocycles. The van der Waals surface area contributed by atoms with Crippen molar-refractivity contribution in [3.8, 4) is 0 Å². The first kappa shape index (κ1) is 26.6. The predicted octanol–water partition coefficient (Wildman–Crippen LogP) is 6.40. The number of aliphatic hydroxyl groups is 1. The molecule has 0 aliphatic heterocycles. The first-order chi connectivity index (χ1) is 15.3. The second kappa shape index (κ2) is 13.1. The zero-order valence-electron chi connectivity index (χ0n) is 19.4. The van der Waals surface area contributed by atoms with Gasteiger partial charge in [-0.1, -0.05) is 87.2 Å². The molecule has 0 saturated carbocycles. The van der Waals surface area contributed by atoms with Crippen molar-refractivity contribution in [2.45, 2.75) is 63.8 Å². The highest BCUT2D eigenvalue weighted by atomic mass is 35.5. The molecule has 1 unspecified atom stereocenters. The molecule has 6 heteroatoms. The van der Waals surface area contributed by atoms with E-state index in [2.05, 4.69) is 13.0 Å². The molecule has 176 valence electrons. The highest BCUT2D eigenvalue weighted by Crippen LogP contribution is 2.26. The van der Waals surface area contributed by atoms with Gasteiger partial charge in [-0.2, -0.15) is 4.31 Å². The number of unbranched alkanes of at least 4 members (excludes halogenated alkanes) is 2. The average molecular weight is 478 g/mol. The van der Waals surface area contributed by atoms with Gasteiger partial charge in [-0.05, 0) is 55.0 Å². The van der Waals surface area contributed by atoms with E-state index in [1.807, 2.05) is 44.2 Å². The number of aliphatic hydroxyl groups excluding tert-OH is 1. The van der Waals surface area contributed by atoms with Crippen molar-refractivity contribution in [2.75, 3.05) is 13.2 Å². The van der Waals surface area contributed by atoms with Gasteiger partial charge in [0.2, 0.25) is 10.0 Å². The normalized spacial score (nSPS) is 13.7. The molecule has 0 fully saturated rings. The van der Waals surface area contributed by atoms with Gasteiger partial charge in [0.25, 0.3) is 0 Å². The molecule has 32 heavy (non-hydrogen) atoms. The third-order valence-corrected chi connectivity index (χ3v) is 7.58. The molecule has 0 radical (unpaired) electrons. The summed E-state index contributed by atoms with van der Waals surface area (Å²) in [6, 6.07) is 15.7. The molecule has 0 aliphatic carbocycles. The van der Waals surface area contributed by atoms with E-state index in [1.165, 1.54) is 16.4 Å². The SMILES string of the molecule is CCCCC/C(=C/c1ccccc1)CN(C(CO)CC(C)C)S(=O)(=O)c1ccc(Cl)cc1. The van der Waals surface area contributed by atoms with Gasteiger partial charge in [0.1, 0.15) is 0 Å². The molecular formula is C26H36ClNO3S. The monoisotopic (exact) mass is 477 g/mol. The van der Waals surface area contributed by atoms with Crippen molar-refractivity contribution in [3.63, 3.8) is 0 Å². The molecule has 0 bridgehead atoms. The Hall–Kier alpha value is -1.66. The number of sulfonamides is 1. The molecule has 0 amide bonds. The maximum absolute atomic E-state index is 13.7. The second-order valence-electron chi connectivity index (χ2n) is 8.64. The Kier molecular flexibility index (Phi) is 10.9. The molecule has 1 N–H and O–H groups in total. The number of nitrogens with zero attached hydrogens (tertiary/aromatic N) is 1. The smallest absolute Gasteiger partial charge is 0.243 e. The van der Waals surface area contributed by atoms with Gasteiger partial charge in [-0.3, -0.25) is 0 Å². The fraction of sp³-hybridized carbons (Fsp3) is 0.462.